The van der Waals surface area contributed by atoms with E-state index in [0.717, 1.165) is 50.9 Å². The summed E-state index contributed by atoms with van der Waals surface area (Å²) in [5, 5.41) is 9.30. The number of carbonyl (C=O) groups is 1. The molecule has 2 atom stereocenters. The number of urea groups is 1. The van der Waals surface area contributed by atoms with Crippen molar-refractivity contribution in [3.8, 4) is 6.07 Å². The molecule has 2 fully saturated rings. The SMILES string of the molecule is CC1(C)[C@@H]2Cc3cc(C#N)ccc3[C@]1(C)CCN2C(=O)N1CCCCC1. The fraction of sp³-hybridized carbons (Fsp3) is 0.636. The van der Waals surface area contributed by atoms with Gasteiger partial charge in [-0.25, -0.2) is 4.79 Å². The van der Waals surface area contributed by atoms with Crippen LogP contribution in [0.2, 0.25) is 0 Å². The number of amides is 2. The van der Waals surface area contributed by atoms with Crippen LogP contribution in [0.5, 0.6) is 0 Å². The molecule has 4 heteroatoms. The summed E-state index contributed by atoms with van der Waals surface area (Å²) in [6.07, 6.45) is 5.32. The van der Waals surface area contributed by atoms with Crippen LogP contribution < -0.4 is 0 Å². The molecule has 2 bridgehead atoms. The molecular formula is C22H29N3O. The molecule has 2 heterocycles. The molecule has 2 saturated heterocycles. The molecule has 2 aliphatic heterocycles. The van der Waals surface area contributed by atoms with Gasteiger partial charge in [0.05, 0.1) is 11.6 Å². The van der Waals surface area contributed by atoms with Gasteiger partial charge < -0.3 is 9.80 Å². The second-order valence-corrected chi connectivity index (χ2v) is 9.03. The molecule has 1 aliphatic carbocycles. The first-order valence-electron chi connectivity index (χ1n) is 9.97. The predicted octanol–water partition coefficient (Wildman–Crippen LogP) is 4.08. The van der Waals surface area contributed by atoms with Gasteiger partial charge in [-0.3, -0.25) is 0 Å². The minimum absolute atomic E-state index is 0.0118. The highest BCUT2D eigenvalue weighted by molar-refractivity contribution is 5.75. The Balaban J connectivity index is 1.72. The van der Waals surface area contributed by atoms with Gasteiger partial charge in [-0.15, -0.1) is 0 Å². The fourth-order valence-electron chi connectivity index (χ4n) is 5.50. The van der Waals surface area contributed by atoms with Gasteiger partial charge in [0.25, 0.3) is 0 Å². The van der Waals surface area contributed by atoms with Crippen molar-refractivity contribution in [3.05, 3.63) is 34.9 Å². The van der Waals surface area contributed by atoms with Crippen LogP contribution in [0, 0.1) is 16.7 Å². The number of nitriles is 1. The highest BCUT2D eigenvalue weighted by Crippen LogP contribution is 2.56. The molecule has 4 nitrogen and oxygen atoms in total. The summed E-state index contributed by atoms with van der Waals surface area (Å²) in [6.45, 7) is 9.64. The number of fused-ring (bicyclic) bond motifs is 4. The summed E-state index contributed by atoms with van der Waals surface area (Å²) in [6, 6.07) is 8.85. The number of carbonyl (C=O) groups excluding carboxylic acids is 1. The van der Waals surface area contributed by atoms with Crippen molar-refractivity contribution >= 4 is 6.03 Å². The van der Waals surface area contributed by atoms with Gasteiger partial charge >= 0.3 is 6.03 Å². The number of piperidine rings is 2. The molecule has 0 N–H and O–H groups in total. The molecular weight excluding hydrogens is 322 g/mol. The molecule has 3 aliphatic rings. The van der Waals surface area contributed by atoms with Gasteiger partial charge in [0.15, 0.2) is 0 Å². The molecule has 0 spiro atoms. The van der Waals surface area contributed by atoms with Crippen molar-refractivity contribution in [3.63, 3.8) is 0 Å². The monoisotopic (exact) mass is 351 g/mol. The summed E-state index contributed by atoms with van der Waals surface area (Å²) < 4.78 is 0. The first kappa shape index (κ1) is 17.4. The van der Waals surface area contributed by atoms with Crippen LogP contribution in [0.3, 0.4) is 0 Å². The fourth-order valence-corrected chi connectivity index (χ4v) is 5.50. The van der Waals surface area contributed by atoms with Crippen LogP contribution in [0.1, 0.15) is 63.1 Å². The summed E-state index contributed by atoms with van der Waals surface area (Å²) in [4.78, 5) is 17.5. The Bertz CT molecular complexity index is 772. The number of rotatable bonds is 0. The molecule has 0 unspecified atom stereocenters. The quantitative estimate of drug-likeness (QED) is 0.707. The Labute approximate surface area is 156 Å². The second-order valence-electron chi connectivity index (χ2n) is 9.03. The second kappa shape index (κ2) is 6.01. The molecule has 0 saturated carbocycles. The van der Waals surface area contributed by atoms with E-state index >= 15 is 0 Å². The highest BCUT2D eigenvalue weighted by Gasteiger charge is 2.57. The summed E-state index contributed by atoms with van der Waals surface area (Å²) in [7, 11) is 0. The first-order valence-corrected chi connectivity index (χ1v) is 9.97. The van der Waals surface area contributed by atoms with E-state index in [-0.39, 0.29) is 22.9 Å². The molecule has 4 rings (SSSR count). The first-order chi connectivity index (χ1) is 12.4. The van der Waals surface area contributed by atoms with Crippen molar-refractivity contribution in [1.29, 1.82) is 5.26 Å². The third-order valence-electron chi connectivity index (χ3n) is 7.60. The van der Waals surface area contributed by atoms with Crippen LogP contribution in [0.15, 0.2) is 18.2 Å². The lowest BCUT2D eigenvalue weighted by molar-refractivity contribution is -0.0242. The van der Waals surface area contributed by atoms with E-state index in [2.05, 4.69) is 42.7 Å². The molecule has 1 aromatic rings. The smallest absolute Gasteiger partial charge is 0.320 e. The largest absolute Gasteiger partial charge is 0.325 e. The van der Waals surface area contributed by atoms with Gasteiger partial charge in [-0.1, -0.05) is 26.8 Å². The Kier molecular flexibility index (Phi) is 4.02. The van der Waals surface area contributed by atoms with Gasteiger partial charge in [0.1, 0.15) is 0 Å². The number of nitrogens with zero attached hydrogens (tertiary/aromatic N) is 3. The third kappa shape index (κ3) is 2.36. The lowest BCUT2D eigenvalue weighted by Gasteiger charge is -2.61. The van der Waals surface area contributed by atoms with Gasteiger partial charge in [0.2, 0.25) is 0 Å². The average Bonchev–Trinajstić information content (AvgIpc) is 2.64. The molecule has 0 radical (unpaired) electrons. The van der Waals surface area contributed by atoms with E-state index in [1.165, 1.54) is 17.5 Å². The van der Waals surface area contributed by atoms with Crippen LogP contribution in [0.25, 0.3) is 0 Å². The number of likely N-dealkylation sites (tertiary alicyclic amines) is 2. The minimum atomic E-state index is 0.0118. The minimum Gasteiger partial charge on any atom is -0.325 e. The molecule has 26 heavy (non-hydrogen) atoms. The molecule has 1 aromatic carbocycles. The molecule has 138 valence electrons. The van der Waals surface area contributed by atoms with Crippen molar-refractivity contribution in [2.75, 3.05) is 19.6 Å². The standard InChI is InChI=1S/C22H29N3O/c1-21(2)19-14-17-13-16(15-23)7-8-18(17)22(21,3)9-12-25(19)20(26)24-10-5-4-6-11-24/h7-8,13,19H,4-6,9-12,14H2,1-3H3/t19-,22-/m0/s1. The zero-order chi connectivity index (χ0) is 18.5. The lowest BCUT2D eigenvalue weighted by atomic mass is 9.51. The van der Waals surface area contributed by atoms with Crippen molar-refractivity contribution in [2.24, 2.45) is 5.41 Å². The van der Waals surface area contributed by atoms with Crippen molar-refractivity contribution in [2.45, 2.75) is 64.3 Å². The predicted molar refractivity (Wildman–Crippen MR) is 102 cm³/mol. The maximum absolute atomic E-state index is 13.3. The number of benzene rings is 1. The number of hydrogen-bond acceptors (Lipinski definition) is 2. The van der Waals surface area contributed by atoms with Crippen molar-refractivity contribution < 1.29 is 4.79 Å². The Morgan fingerprint density at radius 2 is 1.88 bits per heavy atom. The van der Waals surface area contributed by atoms with Gasteiger partial charge in [-0.2, -0.15) is 5.26 Å². The average molecular weight is 351 g/mol. The normalized spacial score (nSPS) is 29.7. The maximum Gasteiger partial charge on any atom is 0.320 e. The summed E-state index contributed by atoms with van der Waals surface area (Å²) >= 11 is 0. The van der Waals surface area contributed by atoms with E-state index in [1.807, 2.05) is 12.1 Å². The Morgan fingerprint density at radius 1 is 1.15 bits per heavy atom. The van der Waals surface area contributed by atoms with Crippen LogP contribution in [-0.2, 0) is 11.8 Å². The Morgan fingerprint density at radius 3 is 2.58 bits per heavy atom. The zero-order valence-corrected chi connectivity index (χ0v) is 16.2. The maximum atomic E-state index is 13.3. The highest BCUT2D eigenvalue weighted by atomic mass is 16.2. The van der Waals surface area contributed by atoms with Gasteiger partial charge in [-0.05, 0) is 60.8 Å². The van der Waals surface area contributed by atoms with E-state index in [1.54, 1.807) is 0 Å². The topological polar surface area (TPSA) is 47.3 Å². The van der Waals surface area contributed by atoms with E-state index < -0.39 is 0 Å². The molecule has 0 aromatic heterocycles. The van der Waals surface area contributed by atoms with E-state index in [9.17, 15) is 10.1 Å². The zero-order valence-electron chi connectivity index (χ0n) is 16.2. The Hall–Kier alpha value is -2.02. The van der Waals surface area contributed by atoms with Crippen LogP contribution in [0.4, 0.5) is 4.79 Å². The lowest BCUT2D eigenvalue weighted by Crippen LogP contribution is -2.66. The summed E-state index contributed by atoms with van der Waals surface area (Å²) in [5.74, 6) is 0. The van der Waals surface area contributed by atoms with Gasteiger partial charge in [0, 0.05) is 31.1 Å². The third-order valence-corrected chi connectivity index (χ3v) is 7.60. The number of hydrogen-bond donors (Lipinski definition) is 0. The van der Waals surface area contributed by atoms with Crippen LogP contribution >= 0.6 is 0 Å². The van der Waals surface area contributed by atoms with Crippen LogP contribution in [-0.4, -0.2) is 41.5 Å². The van der Waals surface area contributed by atoms with E-state index in [4.69, 9.17) is 0 Å². The van der Waals surface area contributed by atoms with Crippen molar-refractivity contribution in [1.82, 2.24) is 9.80 Å². The molecule has 2 amide bonds. The van der Waals surface area contributed by atoms with E-state index in [0.29, 0.717) is 0 Å². The summed E-state index contributed by atoms with van der Waals surface area (Å²) in [5.41, 5.74) is 3.41.